The Bertz CT molecular complexity index is 1330. The number of aliphatic carboxylic acids is 3. The Hall–Kier alpha value is -4.45. The number of carbonyl (C=O) groups excluding carboxylic acids is 4. The van der Waals surface area contributed by atoms with Gasteiger partial charge in [0, 0.05) is 72.2 Å². The maximum atomic E-state index is 13.3. The molecule has 4 amide bonds. The minimum atomic E-state index is -1.06. The molecule has 1 aromatic rings. The van der Waals surface area contributed by atoms with Crippen LogP contribution < -0.4 is 16.0 Å². The van der Waals surface area contributed by atoms with E-state index in [-0.39, 0.29) is 90.9 Å². The third-order valence-corrected chi connectivity index (χ3v) is 8.81. The van der Waals surface area contributed by atoms with Crippen molar-refractivity contribution in [2.24, 2.45) is 0 Å². The lowest BCUT2D eigenvalue weighted by Gasteiger charge is -2.33. The fourth-order valence-corrected chi connectivity index (χ4v) is 5.93. The second-order valence-corrected chi connectivity index (χ2v) is 13.5. The molecule has 1 aromatic carbocycles. The Labute approximate surface area is 311 Å². The van der Waals surface area contributed by atoms with Gasteiger partial charge in [0.1, 0.15) is 6.04 Å². The van der Waals surface area contributed by atoms with Crippen molar-refractivity contribution in [2.45, 2.75) is 64.8 Å². The number of carbonyl (C=O) groups is 7. The molecule has 296 valence electrons. The van der Waals surface area contributed by atoms with Crippen LogP contribution in [-0.2, 0) is 40.0 Å². The van der Waals surface area contributed by atoms with Gasteiger partial charge >= 0.3 is 17.9 Å². The fraction of sp³-hybridized carbons (Fsp3) is 0.639. The van der Waals surface area contributed by atoms with Gasteiger partial charge in [-0.05, 0) is 38.2 Å². The summed E-state index contributed by atoms with van der Waals surface area (Å²) < 4.78 is 0. The molecule has 1 atom stereocenters. The number of hydrogen-bond acceptors (Lipinski definition) is 11. The number of carboxylic acid groups (broad SMARTS) is 3. The summed E-state index contributed by atoms with van der Waals surface area (Å²) in [7, 11) is 0. The predicted octanol–water partition coefficient (Wildman–Crippen LogP) is -0.383. The van der Waals surface area contributed by atoms with Crippen molar-refractivity contribution in [1.29, 1.82) is 0 Å². The number of nitrogens with zero attached hydrogens (tertiary/aromatic N) is 4. The molecule has 53 heavy (non-hydrogen) atoms. The van der Waals surface area contributed by atoms with Crippen LogP contribution in [-0.4, -0.2) is 168 Å². The van der Waals surface area contributed by atoms with E-state index in [1.165, 1.54) is 18.1 Å². The molecule has 0 aromatic heterocycles. The lowest BCUT2D eigenvalue weighted by atomic mass is 10.1. The van der Waals surface area contributed by atoms with Gasteiger partial charge in [-0.3, -0.25) is 58.5 Å². The van der Waals surface area contributed by atoms with Gasteiger partial charge in [0.25, 0.3) is 0 Å². The predicted molar refractivity (Wildman–Crippen MR) is 195 cm³/mol. The highest BCUT2D eigenvalue weighted by molar-refractivity contribution is 5.98. The van der Waals surface area contributed by atoms with Gasteiger partial charge in [0.15, 0.2) is 0 Å². The largest absolute Gasteiger partial charge is 0.480 e. The molecule has 0 aliphatic carbocycles. The molecule has 0 bridgehead atoms. The molecule has 1 aliphatic rings. The fourth-order valence-electron chi connectivity index (χ4n) is 5.93. The van der Waals surface area contributed by atoms with Gasteiger partial charge in [-0.1, -0.05) is 42.7 Å². The van der Waals surface area contributed by atoms with E-state index in [4.69, 9.17) is 0 Å². The Kier molecular flexibility index (Phi) is 20.9. The first-order valence-corrected chi connectivity index (χ1v) is 18.2. The molecular weight excluding hydrogens is 690 g/mol. The summed E-state index contributed by atoms with van der Waals surface area (Å²) in [5, 5.41) is 36.1. The molecule has 1 aliphatic heterocycles. The summed E-state index contributed by atoms with van der Waals surface area (Å²) in [6, 6.07) is 7.23. The van der Waals surface area contributed by atoms with Crippen molar-refractivity contribution in [1.82, 2.24) is 35.6 Å². The van der Waals surface area contributed by atoms with Crippen molar-refractivity contribution in [3.63, 3.8) is 0 Å². The SMILES string of the molecule is CC(=O)NC(=O)[C@H](CCCCCNC(=O)CCCc1ccc(C)cc1)NC(=O)CN1CCN(CC(=O)O)CCN(CC(=O)O)CCN(CC(=O)O)CC1. The van der Waals surface area contributed by atoms with Gasteiger partial charge in [0.2, 0.25) is 23.6 Å². The zero-order valence-electron chi connectivity index (χ0n) is 31.0. The van der Waals surface area contributed by atoms with Gasteiger partial charge in [-0.15, -0.1) is 0 Å². The van der Waals surface area contributed by atoms with Gasteiger partial charge in [-0.2, -0.15) is 0 Å². The highest BCUT2D eigenvalue weighted by atomic mass is 16.4. The van der Waals surface area contributed by atoms with E-state index in [0.717, 1.165) is 12.8 Å². The Morgan fingerprint density at radius 3 is 1.57 bits per heavy atom. The molecule has 6 N–H and O–H groups in total. The van der Waals surface area contributed by atoms with Crippen molar-refractivity contribution < 1.29 is 48.9 Å². The number of amides is 4. The zero-order valence-corrected chi connectivity index (χ0v) is 31.0. The van der Waals surface area contributed by atoms with Crippen molar-refractivity contribution in [3.05, 3.63) is 35.4 Å². The molecule has 1 heterocycles. The van der Waals surface area contributed by atoms with Crippen LogP contribution in [0, 0.1) is 6.92 Å². The average Bonchev–Trinajstić information content (AvgIpc) is 3.06. The number of hydrogen-bond donors (Lipinski definition) is 6. The summed E-state index contributed by atoms with van der Waals surface area (Å²) in [5.41, 5.74) is 2.38. The third kappa shape index (κ3) is 21.0. The summed E-state index contributed by atoms with van der Waals surface area (Å²) >= 11 is 0. The van der Waals surface area contributed by atoms with Crippen LogP contribution in [0.2, 0.25) is 0 Å². The van der Waals surface area contributed by atoms with Gasteiger partial charge < -0.3 is 26.0 Å². The number of aryl methyl sites for hydroxylation is 2. The minimum absolute atomic E-state index is 0.0258. The van der Waals surface area contributed by atoms with E-state index in [2.05, 4.69) is 40.2 Å². The molecule has 1 fully saturated rings. The van der Waals surface area contributed by atoms with Crippen molar-refractivity contribution >= 4 is 41.5 Å². The van der Waals surface area contributed by atoms with Crippen molar-refractivity contribution in [2.75, 3.05) is 85.1 Å². The average molecular weight is 748 g/mol. The van der Waals surface area contributed by atoms with Crippen LogP contribution in [0.3, 0.4) is 0 Å². The lowest BCUT2D eigenvalue weighted by molar-refractivity contribution is -0.140. The monoisotopic (exact) mass is 747 g/mol. The van der Waals surface area contributed by atoms with Gasteiger partial charge in [0.05, 0.1) is 26.2 Å². The number of imide groups is 1. The number of unbranched alkanes of at least 4 members (excludes halogenated alkanes) is 2. The van der Waals surface area contributed by atoms with Crippen LogP contribution in [0.5, 0.6) is 0 Å². The first-order chi connectivity index (χ1) is 25.2. The zero-order chi connectivity index (χ0) is 39.2. The molecular formula is C36H57N7O10. The maximum Gasteiger partial charge on any atom is 0.317 e. The molecule has 17 heteroatoms. The molecule has 0 spiro atoms. The smallest absolute Gasteiger partial charge is 0.317 e. The van der Waals surface area contributed by atoms with E-state index >= 15 is 0 Å². The van der Waals surface area contributed by atoms with E-state index in [1.54, 1.807) is 19.6 Å². The quantitative estimate of drug-likeness (QED) is 0.0935. The lowest BCUT2D eigenvalue weighted by Crippen LogP contribution is -2.52. The number of carboxylic acids is 3. The van der Waals surface area contributed by atoms with E-state index in [1.807, 2.05) is 6.92 Å². The van der Waals surface area contributed by atoms with Crippen molar-refractivity contribution in [3.8, 4) is 0 Å². The van der Waals surface area contributed by atoms with Crippen LogP contribution in [0.1, 0.15) is 56.6 Å². The van der Waals surface area contributed by atoms with E-state index < -0.39 is 41.7 Å². The normalized spacial score (nSPS) is 16.0. The number of benzene rings is 1. The topological polar surface area (TPSA) is 229 Å². The first kappa shape index (κ1) is 44.7. The first-order valence-electron chi connectivity index (χ1n) is 18.2. The van der Waals surface area contributed by atoms with Crippen LogP contribution >= 0.6 is 0 Å². The Balaban J connectivity index is 1.94. The summed E-state index contributed by atoms with van der Waals surface area (Å²) in [4.78, 5) is 91.3. The second kappa shape index (κ2) is 24.7. The van der Waals surface area contributed by atoms with E-state index in [0.29, 0.717) is 32.2 Å². The summed E-state index contributed by atoms with van der Waals surface area (Å²) in [5.74, 6) is -4.91. The maximum absolute atomic E-state index is 13.3. The van der Waals surface area contributed by atoms with Crippen LogP contribution in [0.4, 0.5) is 0 Å². The van der Waals surface area contributed by atoms with Gasteiger partial charge in [-0.25, -0.2) is 0 Å². The second-order valence-electron chi connectivity index (χ2n) is 13.5. The van der Waals surface area contributed by atoms with Crippen LogP contribution in [0.15, 0.2) is 24.3 Å². The minimum Gasteiger partial charge on any atom is -0.480 e. The molecule has 2 rings (SSSR count). The Morgan fingerprint density at radius 1 is 0.642 bits per heavy atom. The molecule has 0 saturated carbocycles. The van der Waals surface area contributed by atoms with Crippen LogP contribution in [0.25, 0.3) is 0 Å². The summed E-state index contributed by atoms with van der Waals surface area (Å²) in [6.45, 7) is 4.57. The highest BCUT2D eigenvalue weighted by Crippen LogP contribution is 2.08. The standard InChI is InChI=1S/C36H57N7O10/c1-27-10-12-29(13-11-27)7-6-9-31(45)37-14-5-3-4-8-30(36(53)38-28(2)44)39-32(46)23-40-15-17-41(24-33(47)48)19-21-43(26-35(51)52)22-20-42(18-16-40)25-34(49)50/h10-13,30H,3-9,14-26H2,1-2H3,(H,37,45)(H,39,46)(H,47,48)(H,49,50)(H,51,52)(H,38,44,53)/t30-/m0/s1. The third-order valence-electron chi connectivity index (χ3n) is 8.81. The number of rotatable bonds is 20. The Morgan fingerprint density at radius 2 is 1.11 bits per heavy atom. The molecule has 0 unspecified atom stereocenters. The van der Waals surface area contributed by atoms with E-state index in [9.17, 15) is 48.9 Å². The molecule has 1 saturated heterocycles. The number of nitrogens with one attached hydrogen (secondary N) is 3. The highest BCUT2D eigenvalue weighted by Gasteiger charge is 2.24. The molecule has 17 nitrogen and oxygen atoms in total. The molecule has 0 radical (unpaired) electrons. The summed E-state index contributed by atoms with van der Waals surface area (Å²) in [6.07, 6.45) is 4.11.